The Hall–Kier alpha value is -1.05. The summed E-state index contributed by atoms with van der Waals surface area (Å²) in [5.74, 6) is -1.44. The third-order valence-corrected chi connectivity index (χ3v) is 3.96. The third-order valence-electron chi connectivity index (χ3n) is 2.55. The molecule has 0 saturated carbocycles. The van der Waals surface area contributed by atoms with Crippen molar-refractivity contribution in [2.24, 2.45) is 5.73 Å². The summed E-state index contributed by atoms with van der Waals surface area (Å²) >= 11 is 1.45. The summed E-state index contributed by atoms with van der Waals surface area (Å²) in [5, 5.41) is 8.65. The van der Waals surface area contributed by atoms with Gasteiger partial charge in [0.05, 0.1) is 11.9 Å². The van der Waals surface area contributed by atoms with Crippen LogP contribution < -0.4 is 5.73 Å². The fourth-order valence-electron chi connectivity index (χ4n) is 1.79. The smallest absolute Gasteiger partial charge is 0.352 e. The van der Waals surface area contributed by atoms with Crippen LogP contribution in [-0.4, -0.2) is 52.3 Å². The highest BCUT2D eigenvalue weighted by atomic mass is 32.2. The van der Waals surface area contributed by atoms with Crippen LogP contribution in [0.15, 0.2) is 11.8 Å². The molecule has 0 aliphatic carbocycles. The molecule has 88 valence electrons. The maximum absolute atomic E-state index is 11.4. The van der Waals surface area contributed by atoms with Crippen LogP contribution in [0.5, 0.6) is 0 Å². The van der Waals surface area contributed by atoms with E-state index in [1.165, 1.54) is 22.7 Å². The number of hydrogen-bond donors (Lipinski definition) is 2. The number of β-lactam (4-membered cyclic amide) rings is 1. The molecule has 3 atom stereocenters. The van der Waals surface area contributed by atoms with E-state index in [1.807, 2.05) is 0 Å². The minimum Gasteiger partial charge on any atom is -0.477 e. The van der Waals surface area contributed by atoms with Gasteiger partial charge in [-0.05, 0) is 6.08 Å². The number of nitrogens with two attached hydrogens (primary N) is 1. The number of carbonyl (C=O) groups excluding carboxylic acids is 1. The zero-order chi connectivity index (χ0) is 11.9. The molecule has 0 bridgehead atoms. The number of thioether (sulfide) groups is 1. The molecule has 2 rings (SSSR count). The number of ether oxygens (including phenoxy) is 1. The predicted molar refractivity (Wildman–Crippen MR) is 57.6 cm³/mol. The lowest BCUT2D eigenvalue weighted by atomic mass is 10.1. The molecule has 7 heteroatoms. The first-order chi connectivity index (χ1) is 7.56. The average molecular weight is 244 g/mol. The van der Waals surface area contributed by atoms with Gasteiger partial charge >= 0.3 is 5.97 Å². The minimum atomic E-state index is -1.10. The number of fused-ring (bicyclic) bond motifs is 1. The van der Waals surface area contributed by atoms with E-state index < -0.39 is 12.0 Å². The Balaban J connectivity index is 2.24. The van der Waals surface area contributed by atoms with Gasteiger partial charge < -0.3 is 15.6 Å². The number of carboxylic acid groups (broad SMARTS) is 1. The summed E-state index contributed by atoms with van der Waals surface area (Å²) < 4.78 is 4.98. The Morgan fingerprint density at radius 1 is 1.75 bits per heavy atom. The number of amides is 1. The first-order valence-electron chi connectivity index (χ1n) is 4.74. The van der Waals surface area contributed by atoms with Gasteiger partial charge in [-0.1, -0.05) is 0 Å². The number of aliphatic carboxylic acids is 1. The van der Waals surface area contributed by atoms with Crippen LogP contribution in [0.4, 0.5) is 0 Å². The first kappa shape index (κ1) is 11.4. The van der Waals surface area contributed by atoms with Gasteiger partial charge in [-0.25, -0.2) is 4.79 Å². The summed E-state index contributed by atoms with van der Waals surface area (Å²) in [5.41, 5.74) is 5.64. The molecule has 0 aromatic carbocycles. The zero-order valence-corrected chi connectivity index (χ0v) is 9.44. The summed E-state index contributed by atoms with van der Waals surface area (Å²) in [6.45, 7) is 0.409. The van der Waals surface area contributed by atoms with Crippen LogP contribution in [0.1, 0.15) is 0 Å². The molecule has 0 aromatic heterocycles. The Morgan fingerprint density at radius 2 is 2.44 bits per heavy atom. The van der Waals surface area contributed by atoms with Gasteiger partial charge in [0.15, 0.2) is 0 Å². The van der Waals surface area contributed by atoms with Crippen molar-refractivity contribution in [3.63, 3.8) is 0 Å². The number of carbonyl (C=O) groups is 2. The van der Waals surface area contributed by atoms with Gasteiger partial charge in [-0.2, -0.15) is 0 Å². The van der Waals surface area contributed by atoms with Crippen molar-refractivity contribution in [3.8, 4) is 0 Å². The van der Waals surface area contributed by atoms with Crippen molar-refractivity contribution in [3.05, 3.63) is 11.8 Å². The molecule has 2 unspecified atom stereocenters. The van der Waals surface area contributed by atoms with Gasteiger partial charge in [-0.15, -0.1) is 11.8 Å². The normalized spacial score (nSPS) is 32.9. The Bertz CT molecular complexity index is 371. The predicted octanol–water partition coefficient (Wildman–Crippen LogP) is -0.788. The van der Waals surface area contributed by atoms with Crippen molar-refractivity contribution >= 4 is 23.6 Å². The monoisotopic (exact) mass is 244 g/mol. The summed E-state index contributed by atoms with van der Waals surface area (Å²) in [4.78, 5) is 23.7. The summed E-state index contributed by atoms with van der Waals surface area (Å²) in [7, 11) is 1.55. The van der Waals surface area contributed by atoms with Crippen LogP contribution in [-0.2, 0) is 14.3 Å². The van der Waals surface area contributed by atoms with E-state index in [2.05, 4.69) is 0 Å². The fraction of sp³-hybridized carbons (Fsp3) is 0.556. The van der Waals surface area contributed by atoms with Gasteiger partial charge in [0.2, 0.25) is 5.91 Å². The maximum atomic E-state index is 11.4. The van der Waals surface area contributed by atoms with Crippen molar-refractivity contribution in [2.45, 2.75) is 16.7 Å². The van der Waals surface area contributed by atoms with E-state index in [9.17, 15) is 9.59 Å². The summed E-state index contributed by atoms with van der Waals surface area (Å²) in [6, 6.07) is -0.604. The third kappa shape index (κ3) is 1.60. The molecule has 6 nitrogen and oxygen atoms in total. The van der Waals surface area contributed by atoms with Gasteiger partial charge in [0, 0.05) is 7.11 Å². The number of hydrogen-bond acceptors (Lipinski definition) is 5. The number of carboxylic acids is 1. The highest BCUT2D eigenvalue weighted by molar-refractivity contribution is 8.00. The Morgan fingerprint density at radius 3 is 3.00 bits per heavy atom. The molecule has 0 radical (unpaired) electrons. The second kappa shape index (κ2) is 4.08. The van der Waals surface area contributed by atoms with Gasteiger partial charge in [-0.3, -0.25) is 9.69 Å². The lowest BCUT2D eigenvalue weighted by Gasteiger charge is -2.48. The molecule has 2 aliphatic rings. The second-order valence-corrected chi connectivity index (χ2v) is 4.97. The Kier molecular flexibility index (Phi) is 2.92. The molecule has 2 aliphatic heterocycles. The zero-order valence-electron chi connectivity index (χ0n) is 8.62. The van der Waals surface area contributed by atoms with Gasteiger partial charge in [0.25, 0.3) is 0 Å². The first-order valence-corrected chi connectivity index (χ1v) is 5.68. The molecule has 0 aromatic rings. The van der Waals surface area contributed by atoms with Crippen LogP contribution in [0.3, 0.4) is 0 Å². The largest absolute Gasteiger partial charge is 0.477 e. The number of methoxy groups -OCH3 is 1. The van der Waals surface area contributed by atoms with Crippen molar-refractivity contribution in [1.82, 2.24) is 4.90 Å². The lowest BCUT2D eigenvalue weighted by molar-refractivity contribution is -0.147. The van der Waals surface area contributed by atoms with Crippen LogP contribution in [0.25, 0.3) is 0 Å². The molecule has 3 N–H and O–H groups in total. The molecule has 1 saturated heterocycles. The topological polar surface area (TPSA) is 92.9 Å². The van der Waals surface area contributed by atoms with E-state index in [1.54, 1.807) is 7.11 Å². The molecule has 1 fully saturated rings. The summed E-state index contributed by atoms with van der Waals surface area (Å²) in [6.07, 6.45) is 1.54. The van der Waals surface area contributed by atoms with E-state index >= 15 is 0 Å². The highest BCUT2D eigenvalue weighted by Gasteiger charge is 2.51. The molecule has 2 heterocycles. The molecular weight excluding hydrogens is 232 g/mol. The van der Waals surface area contributed by atoms with E-state index in [-0.39, 0.29) is 22.2 Å². The minimum absolute atomic E-state index is 0.0116. The molecule has 0 spiro atoms. The second-order valence-electron chi connectivity index (χ2n) is 3.61. The maximum Gasteiger partial charge on any atom is 0.352 e. The molecule has 1 amide bonds. The van der Waals surface area contributed by atoms with Gasteiger partial charge in [0.1, 0.15) is 17.1 Å². The van der Waals surface area contributed by atoms with Crippen molar-refractivity contribution in [2.75, 3.05) is 13.7 Å². The number of nitrogens with zero attached hydrogens (tertiary/aromatic N) is 1. The van der Waals surface area contributed by atoms with Crippen LogP contribution in [0, 0.1) is 0 Å². The van der Waals surface area contributed by atoms with Crippen LogP contribution in [0.2, 0.25) is 0 Å². The van der Waals surface area contributed by atoms with E-state index in [0.717, 1.165) is 0 Å². The van der Waals surface area contributed by atoms with E-state index in [4.69, 9.17) is 15.6 Å². The fourth-order valence-corrected chi connectivity index (χ4v) is 3.19. The van der Waals surface area contributed by atoms with Crippen molar-refractivity contribution in [1.29, 1.82) is 0 Å². The van der Waals surface area contributed by atoms with Crippen LogP contribution >= 0.6 is 11.8 Å². The van der Waals surface area contributed by atoms with Crippen molar-refractivity contribution < 1.29 is 19.4 Å². The molecule has 16 heavy (non-hydrogen) atoms. The molecular formula is C9H12N2O4S. The SMILES string of the molecule is COCC1C=C(C(=O)O)N2C(=O)C(N)[C@H]2S1. The number of rotatable bonds is 3. The standard InChI is InChI=1S/C9H12N2O4S/c1-15-3-4-2-5(9(13)14)11-7(12)6(10)8(11)16-4/h2,4,6,8H,3,10H2,1H3,(H,13,14)/t4?,6?,8-/m1/s1. The quantitative estimate of drug-likeness (QED) is 0.632. The Labute approximate surface area is 96.4 Å². The average Bonchev–Trinajstić information content (AvgIpc) is 2.27. The highest BCUT2D eigenvalue weighted by Crippen LogP contribution is 2.39. The lowest BCUT2D eigenvalue weighted by Crippen LogP contribution is -2.68. The van der Waals surface area contributed by atoms with E-state index in [0.29, 0.717) is 6.61 Å².